The SMILES string of the molecule is CC1(O)CC[C@H]2[C@@H]3CC[C@H]4CC=CC[C@]4(C)[C@H]3CC[C@@]21C. The van der Waals surface area contributed by atoms with Crippen LogP contribution >= 0.6 is 0 Å². The number of hydrogen-bond donors (Lipinski definition) is 1. The third kappa shape index (κ3) is 1.73. The van der Waals surface area contributed by atoms with E-state index in [1.54, 1.807) is 0 Å². The van der Waals surface area contributed by atoms with Crippen LogP contribution < -0.4 is 0 Å². The van der Waals surface area contributed by atoms with Gasteiger partial charge in [-0.3, -0.25) is 0 Å². The van der Waals surface area contributed by atoms with Crippen molar-refractivity contribution >= 4 is 0 Å². The van der Waals surface area contributed by atoms with Crippen molar-refractivity contribution in [2.75, 3.05) is 0 Å². The predicted molar refractivity (Wildman–Crippen MR) is 86.9 cm³/mol. The molecule has 0 aromatic rings. The third-order valence-electron chi connectivity index (χ3n) is 8.77. The number of hydrogen-bond acceptors (Lipinski definition) is 1. The van der Waals surface area contributed by atoms with Crippen molar-refractivity contribution in [2.45, 2.75) is 77.7 Å². The van der Waals surface area contributed by atoms with Crippen LogP contribution in [-0.4, -0.2) is 10.7 Å². The molecule has 1 unspecified atom stereocenters. The molecule has 3 saturated carbocycles. The van der Waals surface area contributed by atoms with Crippen molar-refractivity contribution in [3.63, 3.8) is 0 Å². The van der Waals surface area contributed by atoms with E-state index in [0.717, 1.165) is 30.1 Å². The highest BCUT2D eigenvalue weighted by molar-refractivity contribution is 5.14. The highest BCUT2D eigenvalue weighted by Crippen LogP contribution is 2.67. The summed E-state index contributed by atoms with van der Waals surface area (Å²) in [6.07, 6.45) is 15.3. The first-order valence-corrected chi connectivity index (χ1v) is 9.26. The zero-order valence-corrected chi connectivity index (χ0v) is 14.1. The third-order valence-corrected chi connectivity index (χ3v) is 8.77. The Balaban J connectivity index is 1.68. The molecular formula is C20H32O. The Morgan fingerprint density at radius 1 is 0.905 bits per heavy atom. The van der Waals surface area contributed by atoms with Gasteiger partial charge in [0.05, 0.1) is 5.60 Å². The smallest absolute Gasteiger partial charge is 0.0675 e. The van der Waals surface area contributed by atoms with Gasteiger partial charge in [-0.05, 0) is 92.8 Å². The highest BCUT2D eigenvalue weighted by atomic mass is 16.3. The van der Waals surface area contributed by atoms with Gasteiger partial charge in [-0.2, -0.15) is 0 Å². The largest absolute Gasteiger partial charge is 0.390 e. The van der Waals surface area contributed by atoms with Gasteiger partial charge < -0.3 is 5.11 Å². The second kappa shape index (κ2) is 4.37. The van der Waals surface area contributed by atoms with E-state index in [0.29, 0.717) is 5.41 Å². The lowest BCUT2D eigenvalue weighted by Crippen LogP contribution is -2.55. The van der Waals surface area contributed by atoms with E-state index in [2.05, 4.69) is 32.9 Å². The summed E-state index contributed by atoms with van der Waals surface area (Å²) in [5.41, 5.74) is 0.308. The normalized spacial score (nSPS) is 59.2. The average molecular weight is 288 g/mol. The van der Waals surface area contributed by atoms with Gasteiger partial charge in [0.15, 0.2) is 0 Å². The minimum atomic E-state index is -0.424. The van der Waals surface area contributed by atoms with Crippen LogP contribution in [0.5, 0.6) is 0 Å². The van der Waals surface area contributed by atoms with E-state index in [4.69, 9.17) is 0 Å². The van der Waals surface area contributed by atoms with Gasteiger partial charge in [0.25, 0.3) is 0 Å². The highest BCUT2D eigenvalue weighted by Gasteiger charge is 2.62. The van der Waals surface area contributed by atoms with Crippen LogP contribution in [0, 0.1) is 34.5 Å². The Morgan fingerprint density at radius 3 is 2.48 bits per heavy atom. The summed E-state index contributed by atoms with van der Waals surface area (Å²) in [4.78, 5) is 0. The van der Waals surface area contributed by atoms with Gasteiger partial charge >= 0.3 is 0 Å². The standard InChI is InChI=1S/C20H32O/c1-18-11-5-4-6-14(18)7-8-15-16(18)9-12-19(2)17(15)10-13-20(19,3)21/h4-5,14-17,21H,6-13H2,1-3H3/t14-,15-,16+,17+,18+,19+,20?/m1/s1. The predicted octanol–water partition coefficient (Wildman–Crippen LogP) is 4.95. The van der Waals surface area contributed by atoms with Crippen LogP contribution in [0.25, 0.3) is 0 Å². The Hall–Kier alpha value is -0.300. The van der Waals surface area contributed by atoms with Crippen LogP contribution in [0.4, 0.5) is 0 Å². The quantitative estimate of drug-likeness (QED) is 0.626. The van der Waals surface area contributed by atoms with E-state index < -0.39 is 5.60 Å². The van der Waals surface area contributed by atoms with Gasteiger partial charge in [-0.1, -0.05) is 26.0 Å². The van der Waals surface area contributed by atoms with E-state index in [9.17, 15) is 5.11 Å². The van der Waals surface area contributed by atoms with Crippen LogP contribution in [0.15, 0.2) is 12.2 Å². The molecule has 1 nitrogen and oxygen atoms in total. The van der Waals surface area contributed by atoms with Gasteiger partial charge in [0.2, 0.25) is 0 Å². The molecule has 3 fully saturated rings. The van der Waals surface area contributed by atoms with E-state index in [1.807, 2.05) is 0 Å². The van der Waals surface area contributed by atoms with Crippen LogP contribution in [0.3, 0.4) is 0 Å². The second-order valence-corrected chi connectivity index (χ2v) is 9.34. The lowest BCUT2D eigenvalue weighted by Gasteiger charge is -2.60. The lowest BCUT2D eigenvalue weighted by molar-refractivity contribution is -0.138. The number of rotatable bonds is 0. The summed E-state index contributed by atoms with van der Waals surface area (Å²) in [5, 5.41) is 10.9. The molecule has 21 heavy (non-hydrogen) atoms. The van der Waals surface area contributed by atoms with E-state index in [-0.39, 0.29) is 5.41 Å². The van der Waals surface area contributed by atoms with E-state index in [1.165, 1.54) is 44.9 Å². The lowest BCUT2D eigenvalue weighted by atomic mass is 9.45. The first kappa shape index (κ1) is 14.3. The molecule has 0 heterocycles. The number of fused-ring (bicyclic) bond motifs is 5. The van der Waals surface area contributed by atoms with E-state index >= 15 is 0 Å². The molecule has 1 heteroatoms. The zero-order chi connectivity index (χ0) is 14.9. The molecule has 1 N–H and O–H groups in total. The fraction of sp³-hybridized carbons (Fsp3) is 0.900. The maximum atomic E-state index is 10.9. The molecule has 0 aromatic heterocycles. The number of aliphatic hydroxyl groups is 1. The Labute approximate surface area is 130 Å². The first-order valence-electron chi connectivity index (χ1n) is 9.26. The molecule has 4 aliphatic rings. The topological polar surface area (TPSA) is 20.2 Å². The van der Waals surface area contributed by atoms with Crippen molar-refractivity contribution in [3.8, 4) is 0 Å². The Bertz CT molecular complexity index is 464. The van der Waals surface area contributed by atoms with Crippen molar-refractivity contribution in [2.24, 2.45) is 34.5 Å². The van der Waals surface area contributed by atoms with Crippen LogP contribution in [0.2, 0.25) is 0 Å². The van der Waals surface area contributed by atoms with Crippen molar-refractivity contribution in [3.05, 3.63) is 12.2 Å². The molecule has 4 rings (SSSR count). The van der Waals surface area contributed by atoms with Crippen molar-refractivity contribution in [1.29, 1.82) is 0 Å². The molecule has 7 atom stereocenters. The summed E-state index contributed by atoms with van der Waals surface area (Å²) in [6, 6.07) is 0. The Morgan fingerprint density at radius 2 is 1.67 bits per heavy atom. The van der Waals surface area contributed by atoms with Gasteiger partial charge in [0, 0.05) is 0 Å². The fourth-order valence-electron chi connectivity index (χ4n) is 7.08. The van der Waals surface area contributed by atoms with Crippen LogP contribution in [0.1, 0.15) is 72.1 Å². The van der Waals surface area contributed by atoms with Gasteiger partial charge in [-0.25, -0.2) is 0 Å². The molecule has 0 saturated heterocycles. The minimum Gasteiger partial charge on any atom is -0.390 e. The van der Waals surface area contributed by atoms with Crippen LogP contribution in [-0.2, 0) is 0 Å². The fourth-order valence-corrected chi connectivity index (χ4v) is 7.08. The molecule has 0 bridgehead atoms. The molecule has 118 valence electrons. The van der Waals surface area contributed by atoms with Crippen molar-refractivity contribution < 1.29 is 5.11 Å². The van der Waals surface area contributed by atoms with Gasteiger partial charge in [-0.15, -0.1) is 0 Å². The maximum Gasteiger partial charge on any atom is 0.0675 e. The molecule has 0 aliphatic heterocycles. The van der Waals surface area contributed by atoms with Gasteiger partial charge in [0.1, 0.15) is 0 Å². The number of allylic oxidation sites excluding steroid dienone is 2. The Kier molecular flexibility index (Phi) is 2.98. The molecule has 0 spiro atoms. The summed E-state index contributed by atoms with van der Waals surface area (Å²) in [7, 11) is 0. The second-order valence-electron chi connectivity index (χ2n) is 9.34. The summed E-state index contributed by atoms with van der Waals surface area (Å²) in [6.45, 7) is 7.11. The molecular weight excluding hydrogens is 256 g/mol. The molecule has 0 radical (unpaired) electrons. The molecule has 0 amide bonds. The summed E-state index contributed by atoms with van der Waals surface area (Å²) in [5.74, 6) is 3.49. The van der Waals surface area contributed by atoms with Crippen molar-refractivity contribution in [1.82, 2.24) is 0 Å². The summed E-state index contributed by atoms with van der Waals surface area (Å²) < 4.78 is 0. The molecule has 0 aromatic carbocycles. The first-order chi connectivity index (χ1) is 9.88. The maximum absolute atomic E-state index is 10.9. The molecule has 4 aliphatic carbocycles. The summed E-state index contributed by atoms with van der Waals surface area (Å²) >= 11 is 0. The zero-order valence-electron chi connectivity index (χ0n) is 14.1. The minimum absolute atomic E-state index is 0.182. The average Bonchev–Trinajstić information content (AvgIpc) is 2.69. The monoisotopic (exact) mass is 288 g/mol.